The van der Waals surface area contributed by atoms with Gasteiger partial charge >= 0.3 is 27.6 Å². The molecule has 6 N–H and O–H groups in total. The van der Waals surface area contributed by atoms with Gasteiger partial charge in [0.1, 0.15) is 18.5 Å². The third kappa shape index (κ3) is 27.0. The number of phosphoric acid groups is 2. The minimum atomic E-state index is -4.89. The predicted molar refractivity (Wildman–Crippen MR) is 208 cm³/mol. The molecule has 1 aliphatic carbocycles. The standard InChI is InChI=1S/C38H68O16P2/c1-4-5-12-18-30(39)22-23-34-33(35(41)24-36(34)42)19-14-10-11-16-21-38(44)54-32(27-50-37(43)20-15-9-7-6-8-13-17-29(2)3)28-53-56(48,49)52-26-31(40)25-51-55(45,46)47/h10,14,22-23,29-35,39-41H,4-9,11-13,15-21,24-28H2,1-3H3,(H,48,49)(H2,45,46,47)/b14-10-,23-22+/t30-,31-,32+,33+,34+,35-/m0/s1. The van der Waals surface area contributed by atoms with Gasteiger partial charge in [0.05, 0.1) is 32.0 Å². The zero-order valence-electron chi connectivity index (χ0n) is 33.4. The second-order valence-electron chi connectivity index (χ2n) is 14.8. The molecule has 7 atom stereocenters. The van der Waals surface area contributed by atoms with Crippen LogP contribution in [0.25, 0.3) is 0 Å². The number of esters is 2. The topological polar surface area (TPSA) is 253 Å². The molecule has 0 aliphatic heterocycles. The summed E-state index contributed by atoms with van der Waals surface area (Å²) in [5.74, 6) is -1.45. The van der Waals surface area contributed by atoms with Crippen LogP contribution in [-0.2, 0) is 46.6 Å². The van der Waals surface area contributed by atoms with Gasteiger partial charge in [0.15, 0.2) is 6.10 Å². The average Bonchev–Trinajstić information content (AvgIpc) is 3.39. The van der Waals surface area contributed by atoms with Gasteiger partial charge in [-0.1, -0.05) is 103 Å². The van der Waals surface area contributed by atoms with Gasteiger partial charge in [0.25, 0.3) is 0 Å². The SMILES string of the molecule is CCCCC[C@H](O)/C=C/[C@H]1C(=O)C[C@H](O)[C@@H]1C/C=C\CCCC(=O)O[C@H](COC(=O)CCCCCCCCC(C)C)COP(=O)(O)OC[C@@H](O)COP(=O)(O)O. The van der Waals surface area contributed by atoms with Crippen LogP contribution >= 0.6 is 15.6 Å². The first-order valence-electron chi connectivity index (χ1n) is 20.0. The molecule has 0 aromatic heterocycles. The molecular formula is C38H68O16P2. The third-order valence-corrected chi connectivity index (χ3v) is 10.6. The molecule has 326 valence electrons. The Hall–Kier alpha value is -1.81. The Labute approximate surface area is 332 Å². The molecule has 0 bridgehead atoms. The molecule has 1 rings (SSSR count). The number of hydrogen-bond acceptors (Lipinski definition) is 13. The van der Waals surface area contributed by atoms with Crippen molar-refractivity contribution in [3.05, 3.63) is 24.3 Å². The van der Waals surface area contributed by atoms with Crippen molar-refractivity contribution in [1.82, 2.24) is 0 Å². The van der Waals surface area contributed by atoms with Crippen LogP contribution in [-0.4, -0.2) is 98.6 Å². The lowest BCUT2D eigenvalue weighted by molar-refractivity contribution is -0.161. The van der Waals surface area contributed by atoms with Gasteiger partial charge in [-0.3, -0.25) is 28.0 Å². The summed E-state index contributed by atoms with van der Waals surface area (Å²) < 4.78 is 47.5. The predicted octanol–water partition coefficient (Wildman–Crippen LogP) is 6.00. The van der Waals surface area contributed by atoms with Gasteiger partial charge in [-0.2, -0.15) is 0 Å². The fraction of sp³-hybridized carbons (Fsp3) is 0.816. The Morgan fingerprint density at radius 2 is 1.43 bits per heavy atom. The zero-order valence-corrected chi connectivity index (χ0v) is 35.1. The summed E-state index contributed by atoms with van der Waals surface area (Å²) >= 11 is 0. The number of aliphatic hydroxyl groups excluding tert-OH is 3. The first kappa shape index (κ1) is 52.2. The molecule has 1 saturated carbocycles. The summed E-state index contributed by atoms with van der Waals surface area (Å²) in [6.45, 7) is 3.51. The largest absolute Gasteiger partial charge is 0.472 e. The van der Waals surface area contributed by atoms with E-state index >= 15 is 0 Å². The van der Waals surface area contributed by atoms with Crippen molar-refractivity contribution in [2.75, 3.05) is 26.4 Å². The van der Waals surface area contributed by atoms with Gasteiger partial charge in [-0.15, -0.1) is 0 Å². The summed E-state index contributed by atoms with van der Waals surface area (Å²) in [6, 6.07) is 0. The van der Waals surface area contributed by atoms with E-state index in [1.165, 1.54) is 12.8 Å². The van der Waals surface area contributed by atoms with Gasteiger partial charge in [-0.05, 0) is 38.0 Å². The number of carbonyl (C=O) groups excluding carboxylic acids is 3. The molecule has 0 aromatic rings. The number of allylic oxidation sites excluding steroid dienone is 3. The molecule has 18 heteroatoms. The molecule has 1 unspecified atom stereocenters. The highest BCUT2D eigenvalue weighted by atomic mass is 31.2. The second kappa shape index (κ2) is 29.4. The van der Waals surface area contributed by atoms with Crippen LogP contribution in [0.15, 0.2) is 24.3 Å². The average molecular weight is 843 g/mol. The molecule has 0 saturated heterocycles. The van der Waals surface area contributed by atoms with Gasteiger partial charge < -0.3 is 39.5 Å². The number of phosphoric ester groups is 2. The number of hydrogen-bond donors (Lipinski definition) is 6. The number of aliphatic hydroxyl groups is 3. The molecule has 0 aromatic carbocycles. The number of ether oxygens (including phenoxy) is 2. The van der Waals surface area contributed by atoms with Crippen LogP contribution in [0.3, 0.4) is 0 Å². The van der Waals surface area contributed by atoms with Crippen LogP contribution in [0.1, 0.15) is 130 Å². The molecule has 0 spiro atoms. The molecule has 16 nitrogen and oxygen atoms in total. The summed E-state index contributed by atoms with van der Waals surface area (Å²) in [5, 5.41) is 30.4. The fourth-order valence-corrected chi connectivity index (χ4v) is 7.14. The quantitative estimate of drug-likeness (QED) is 0.0192. The van der Waals surface area contributed by atoms with Gasteiger partial charge in [0, 0.05) is 31.1 Å². The van der Waals surface area contributed by atoms with E-state index < -0.39 is 84.3 Å². The highest BCUT2D eigenvalue weighted by molar-refractivity contribution is 7.47. The zero-order chi connectivity index (χ0) is 42.0. The van der Waals surface area contributed by atoms with E-state index in [0.29, 0.717) is 38.0 Å². The maximum Gasteiger partial charge on any atom is 0.472 e. The summed E-state index contributed by atoms with van der Waals surface area (Å²) in [5.41, 5.74) is 0. The molecule has 0 heterocycles. The first-order valence-corrected chi connectivity index (χ1v) is 23.0. The molecular weight excluding hydrogens is 774 g/mol. The fourth-order valence-electron chi connectivity index (χ4n) is 5.98. The Bertz CT molecular complexity index is 1270. The van der Waals surface area contributed by atoms with Crippen molar-refractivity contribution in [2.45, 2.75) is 154 Å². The number of carbonyl (C=O) groups is 3. The van der Waals surface area contributed by atoms with Crippen LogP contribution in [0.5, 0.6) is 0 Å². The van der Waals surface area contributed by atoms with Crippen molar-refractivity contribution in [2.24, 2.45) is 17.8 Å². The molecule has 1 fully saturated rings. The lowest BCUT2D eigenvalue weighted by Crippen LogP contribution is -2.29. The lowest BCUT2D eigenvalue weighted by Gasteiger charge is -2.20. The normalized spacial score (nSPS) is 20.5. The van der Waals surface area contributed by atoms with E-state index in [-0.39, 0.29) is 31.0 Å². The van der Waals surface area contributed by atoms with Crippen LogP contribution in [0, 0.1) is 17.8 Å². The van der Waals surface area contributed by atoms with Crippen LogP contribution in [0.4, 0.5) is 0 Å². The monoisotopic (exact) mass is 842 g/mol. The molecule has 56 heavy (non-hydrogen) atoms. The van der Waals surface area contributed by atoms with E-state index in [9.17, 15) is 43.7 Å². The van der Waals surface area contributed by atoms with E-state index in [1.807, 2.05) is 12.2 Å². The number of rotatable bonds is 33. The van der Waals surface area contributed by atoms with Crippen molar-refractivity contribution in [3.8, 4) is 0 Å². The van der Waals surface area contributed by atoms with E-state index in [1.54, 1.807) is 12.2 Å². The van der Waals surface area contributed by atoms with Gasteiger partial charge in [-0.25, -0.2) is 9.13 Å². The summed E-state index contributed by atoms with van der Waals surface area (Å²) in [4.78, 5) is 65.1. The van der Waals surface area contributed by atoms with Crippen LogP contribution < -0.4 is 0 Å². The van der Waals surface area contributed by atoms with Crippen molar-refractivity contribution < 1.29 is 76.6 Å². The first-order chi connectivity index (χ1) is 26.4. The van der Waals surface area contributed by atoms with Crippen LogP contribution in [0.2, 0.25) is 0 Å². The minimum absolute atomic E-state index is 0.0539. The minimum Gasteiger partial charge on any atom is -0.462 e. The Kier molecular flexibility index (Phi) is 27.4. The Morgan fingerprint density at radius 1 is 0.804 bits per heavy atom. The highest BCUT2D eigenvalue weighted by Gasteiger charge is 2.39. The molecule has 1 aliphatic rings. The Morgan fingerprint density at radius 3 is 2.11 bits per heavy atom. The maximum atomic E-state index is 12.7. The lowest BCUT2D eigenvalue weighted by atomic mass is 9.90. The second-order valence-corrected chi connectivity index (χ2v) is 17.5. The number of Topliss-reactive ketones (excluding diaryl/α,β-unsaturated/α-hetero) is 1. The van der Waals surface area contributed by atoms with Crippen molar-refractivity contribution in [1.29, 1.82) is 0 Å². The van der Waals surface area contributed by atoms with E-state index in [2.05, 4.69) is 29.8 Å². The Balaban J connectivity index is 2.64. The highest BCUT2D eigenvalue weighted by Crippen LogP contribution is 2.44. The maximum absolute atomic E-state index is 12.7. The smallest absolute Gasteiger partial charge is 0.462 e. The van der Waals surface area contributed by atoms with Gasteiger partial charge in [0.2, 0.25) is 0 Å². The summed E-state index contributed by atoms with van der Waals surface area (Å²) in [6.07, 6.45) is 14.6. The molecule has 0 radical (unpaired) electrons. The third-order valence-electron chi connectivity index (χ3n) is 9.14. The number of unbranched alkanes of at least 4 members (excludes halogenated alkanes) is 8. The number of ketones is 1. The molecule has 0 amide bonds. The van der Waals surface area contributed by atoms with E-state index in [0.717, 1.165) is 44.9 Å². The van der Waals surface area contributed by atoms with Crippen molar-refractivity contribution >= 4 is 33.4 Å². The van der Waals surface area contributed by atoms with Crippen molar-refractivity contribution in [3.63, 3.8) is 0 Å². The summed E-state index contributed by atoms with van der Waals surface area (Å²) in [7, 11) is -9.77. The van der Waals surface area contributed by atoms with E-state index in [4.69, 9.17) is 23.8 Å².